The third kappa shape index (κ3) is 2.50. The van der Waals surface area contributed by atoms with Crippen molar-refractivity contribution in [1.82, 2.24) is 4.57 Å². The number of benzene rings is 2. The van der Waals surface area contributed by atoms with Crippen LogP contribution in [0, 0.1) is 0 Å². The largest absolute Gasteiger partial charge is 0.497 e. The molecule has 0 fully saturated rings. The van der Waals surface area contributed by atoms with Gasteiger partial charge in [0.2, 0.25) is 0 Å². The van der Waals surface area contributed by atoms with Crippen molar-refractivity contribution in [2.24, 2.45) is 0 Å². The van der Waals surface area contributed by atoms with Crippen LogP contribution in [0.25, 0.3) is 16.6 Å². The van der Waals surface area contributed by atoms with Crippen LogP contribution in [0.4, 0.5) is 0 Å². The molecular weight excluding hydrogens is 312 g/mol. The topological polar surface area (TPSA) is 84.1 Å². The molecule has 0 aliphatic rings. The van der Waals surface area contributed by atoms with Gasteiger partial charge in [-0.05, 0) is 24.3 Å². The van der Waals surface area contributed by atoms with E-state index in [0.29, 0.717) is 33.8 Å². The minimum atomic E-state index is -0.382. The molecule has 124 valence electrons. The molecule has 2 aromatic carbocycles. The summed E-state index contributed by atoms with van der Waals surface area (Å²) >= 11 is 0. The lowest BCUT2D eigenvalue weighted by Crippen LogP contribution is -2.26. The predicted octanol–water partition coefficient (Wildman–Crippen LogP) is 1.54. The van der Waals surface area contributed by atoms with Gasteiger partial charge in [0, 0.05) is 12.1 Å². The number of fused-ring (bicyclic) bond motifs is 1. The van der Waals surface area contributed by atoms with Gasteiger partial charge < -0.3 is 19.3 Å². The molecule has 3 aromatic rings. The number of aromatic amines is 1. The maximum atomic E-state index is 12.8. The fourth-order valence-electron chi connectivity index (χ4n) is 2.52. The van der Waals surface area contributed by atoms with E-state index in [1.165, 1.54) is 18.8 Å². The van der Waals surface area contributed by atoms with Crippen LogP contribution >= 0.6 is 0 Å². The predicted molar refractivity (Wildman–Crippen MR) is 87.4 cm³/mol. The number of methoxy groups -OCH3 is 3. The molecule has 0 unspecified atom stereocenters. The average Bonchev–Trinajstić information content (AvgIpc) is 2.61. The smallest absolute Gasteiger partial charge is 0.460 e. The number of nitrogens with one attached hydrogen (secondary N) is 1. The highest BCUT2D eigenvalue weighted by molar-refractivity contribution is 5.79. The maximum Gasteiger partial charge on any atom is 0.460 e. The summed E-state index contributed by atoms with van der Waals surface area (Å²) in [7, 11) is 4.56. The van der Waals surface area contributed by atoms with E-state index < -0.39 is 0 Å². The second kappa shape index (κ2) is 6.11. The van der Waals surface area contributed by atoms with Gasteiger partial charge >= 0.3 is 11.6 Å². The molecule has 0 aliphatic carbocycles. The van der Waals surface area contributed by atoms with Crippen LogP contribution in [-0.2, 0) is 0 Å². The number of aromatic hydroxyl groups is 1. The first-order chi connectivity index (χ1) is 11.6. The Bertz CT molecular complexity index is 948. The van der Waals surface area contributed by atoms with Crippen molar-refractivity contribution in [2.45, 2.75) is 0 Å². The molecule has 0 saturated heterocycles. The Morgan fingerprint density at radius 2 is 1.58 bits per heavy atom. The maximum absolute atomic E-state index is 12.8. The number of nitrogens with zero attached hydrogens (tertiary/aromatic N) is 1. The zero-order chi connectivity index (χ0) is 17.3. The number of hydrogen-bond acceptors (Lipinski definition) is 5. The molecule has 7 nitrogen and oxygen atoms in total. The van der Waals surface area contributed by atoms with Gasteiger partial charge in [0.1, 0.15) is 22.3 Å². The van der Waals surface area contributed by atoms with E-state index in [1.807, 2.05) is 0 Å². The van der Waals surface area contributed by atoms with Crippen LogP contribution in [0.15, 0.2) is 41.2 Å². The van der Waals surface area contributed by atoms with Gasteiger partial charge in [0.15, 0.2) is 11.5 Å². The minimum absolute atomic E-state index is 0.287. The Morgan fingerprint density at radius 3 is 2.17 bits per heavy atom. The molecule has 7 heteroatoms. The van der Waals surface area contributed by atoms with Crippen molar-refractivity contribution in [1.29, 1.82) is 0 Å². The standard InChI is InChI=1S/C17H16N2O5/c1-22-11-6-4-10(5-7-11)19-16(20)12-8-14(23-2)15(24-3)9-13(12)18-17(19)21/h4-9H,1-3H3,(H,18,21)/p+1. The first kappa shape index (κ1) is 15.7. The monoisotopic (exact) mass is 329 g/mol. The summed E-state index contributed by atoms with van der Waals surface area (Å²) in [4.78, 5) is 15.6. The zero-order valence-electron chi connectivity index (χ0n) is 13.5. The first-order valence-electron chi connectivity index (χ1n) is 7.16. The highest BCUT2D eigenvalue weighted by Crippen LogP contribution is 2.30. The van der Waals surface area contributed by atoms with Crippen molar-refractivity contribution in [3.8, 4) is 28.9 Å². The van der Waals surface area contributed by atoms with E-state index >= 15 is 0 Å². The van der Waals surface area contributed by atoms with Crippen LogP contribution in [-0.4, -0.2) is 31.0 Å². The molecule has 2 N–H and O–H groups in total. The molecule has 0 bridgehead atoms. The van der Waals surface area contributed by atoms with E-state index in [2.05, 4.69) is 4.98 Å². The number of H-pyrrole nitrogens is 1. The van der Waals surface area contributed by atoms with E-state index in [9.17, 15) is 9.90 Å². The SMILES string of the molecule is COc1ccc(-n2c(O)[nH+]c3cc(OC)c(OC)cc3c2=O)cc1. The van der Waals surface area contributed by atoms with Crippen molar-refractivity contribution in [3.63, 3.8) is 0 Å². The third-order valence-electron chi connectivity index (χ3n) is 3.75. The van der Waals surface area contributed by atoms with Crippen LogP contribution in [0.1, 0.15) is 0 Å². The quantitative estimate of drug-likeness (QED) is 0.785. The lowest BCUT2D eigenvalue weighted by Gasteiger charge is -2.08. The van der Waals surface area contributed by atoms with Crippen molar-refractivity contribution in [3.05, 3.63) is 46.8 Å². The summed E-state index contributed by atoms with van der Waals surface area (Å²) in [6, 6.07) is 9.67. The Hall–Kier alpha value is -3.22. The molecule has 0 amide bonds. The fourth-order valence-corrected chi connectivity index (χ4v) is 2.52. The molecule has 24 heavy (non-hydrogen) atoms. The van der Waals surface area contributed by atoms with E-state index in [0.717, 1.165) is 0 Å². The second-order valence-electron chi connectivity index (χ2n) is 5.04. The number of hydrogen-bond donors (Lipinski definition) is 1. The van der Waals surface area contributed by atoms with Crippen LogP contribution in [0.3, 0.4) is 0 Å². The van der Waals surface area contributed by atoms with Gasteiger partial charge in [-0.25, -0.2) is 9.78 Å². The van der Waals surface area contributed by atoms with Gasteiger partial charge in [0.05, 0.1) is 21.3 Å². The Morgan fingerprint density at radius 1 is 0.958 bits per heavy atom. The normalized spacial score (nSPS) is 10.6. The Kier molecular flexibility index (Phi) is 3.99. The highest BCUT2D eigenvalue weighted by atomic mass is 16.5. The minimum Gasteiger partial charge on any atom is -0.497 e. The van der Waals surface area contributed by atoms with Crippen molar-refractivity contribution < 1.29 is 24.3 Å². The number of ether oxygens (including phenoxy) is 3. The molecule has 0 aliphatic heterocycles. The van der Waals surface area contributed by atoms with E-state index in [-0.39, 0.29) is 11.6 Å². The molecule has 1 aromatic heterocycles. The third-order valence-corrected chi connectivity index (χ3v) is 3.75. The van der Waals surface area contributed by atoms with Gasteiger partial charge in [-0.15, -0.1) is 4.57 Å². The van der Waals surface area contributed by atoms with Gasteiger partial charge in [-0.1, -0.05) is 0 Å². The summed E-state index contributed by atoms with van der Waals surface area (Å²) in [5, 5.41) is 10.6. The van der Waals surface area contributed by atoms with Crippen LogP contribution in [0.5, 0.6) is 23.3 Å². The molecule has 0 atom stereocenters. The molecule has 0 spiro atoms. The Labute approximate surface area is 137 Å². The second-order valence-corrected chi connectivity index (χ2v) is 5.04. The molecular formula is C17H17N2O5+. The van der Waals surface area contributed by atoms with Crippen LogP contribution < -0.4 is 24.8 Å². The summed E-state index contributed by atoms with van der Waals surface area (Å²) < 4.78 is 16.7. The summed E-state index contributed by atoms with van der Waals surface area (Å²) in [5.74, 6) is 1.55. The lowest BCUT2D eigenvalue weighted by atomic mass is 10.2. The molecule has 0 radical (unpaired) electrons. The summed E-state index contributed by atoms with van der Waals surface area (Å²) in [5.41, 5.74) is 0.568. The number of rotatable bonds is 4. The van der Waals surface area contributed by atoms with Crippen LogP contribution in [0.2, 0.25) is 0 Å². The Balaban J connectivity index is 2.27. The molecule has 0 saturated carbocycles. The van der Waals surface area contributed by atoms with E-state index in [4.69, 9.17) is 14.2 Å². The number of aromatic nitrogens is 2. The lowest BCUT2D eigenvalue weighted by molar-refractivity contribution is -0.370. The average molecular weight is 329 g/mol. The van der Waals surface area contributed by atoms with Gasteiger partial charge in [-0.3, -0.25) is 0 Å². The summed E-state index contributed by atoms with van der Waals surface area (Å²) in [6.07, 6.45) is 0. The molecule has 3 rings (SSSR count). The fraction of sp³-hybridized carbons (Fsp3) is 0.176. The molecule has 1 heterocycles. The first-order valence-corrected chi connectivity index (χ1v) is 7.16. The van der Waals surface area contributed by atoms with Crippen molar-refractivity contribution >= 4 is 10.9 Å². The van der Waals surface area contributed by atoms with Gasteiger partial charge in [-0.2, -0.15) is 0 Å². The van der Waals surface area contributed by atoms with Gasteiger partial charge in [0.25, 0.3) is 0 Å². The van der Waals surface area contributed by atoms with Crippen molar-refractivity contribution in [2.75, 3.05) is 21.3 Å². The zero-order valence-corrected chi connectivity index (χ0v) is 13.5. The highest BCUT2D eigenvalue weighted by Gasteiger charge is 2.21. The van der Waals surface area contributed by atoms with E-state index in [1.54, 1.807) is 43.5 Å². The summed E-state index contributed by atoms with van der Waals surface area (Å²) in [6.45, 7) is 0.